The topological polar surface area (TPSA) is 0 Å². The molecule has 0 radical (unpaired) electrons. The molecule has 0 bridgehead atoms. The molecule has 0 heteroatoms. The summed E-state index contributed by atoms with van der Waals surface area (Å²) in [5.41, 5.74) is 3.23. The van der Waals surface area contributed by atoms with Gasteiger partial charge in [-0.25, -0.2) is 0 Å². The average Bonchev–Trinajstić information content (AvgIpc) is 2.12. The molecule has 0 nitrogen and oxygen atoms in total. The van der Waals surface area contributed by atoms with Gasteiger partial charge in [-0.15, -0.1) is 0 Å². The van der Waals surface area contributed by atoms with Crippen LogP contribution in [0.1, 0.15) is 12.8 Å². The van der Waals surface area contributed by atoms with Gasteiger partial charge in [0, 0.05) is 10.8 Å². The van der Waals surface area contributed by atoms with Crippen LogP contribution in [0.3, 0.4) is 0 Å². The van der Waals surface area contributed by atoms with E-state index in [4.69, 9.17) is 0 Å². The Morgan fingerprint density at radius 1 is 1.33 bits per heavy atom. The SMILES string of the molecule is C=C1C23CC12C3. The molecule has 3 saturated carbocycles. The van der Waals surface area contributed by atoms with Crippen LogP contribution in [0, 0.1) is 10.8 Å². The van der Waals surface area contributed by atoms with Crippen molar-refractivity contribution in [1.82, 2.24) is 0 Å². The van der Waals surface area contributed by atoms with E-state index in [1.165, 1.54) is 12.8 Å². The molecule has 0 amide bonds. The van der Waals surface area contributed by atoms with E-state index in [0.717, 1.165) is 10.8 Å². The smallest absolute Gasteiger partial charge is 0.00268 e. The number of hydrogen-bond acceptors (Lipinski definition) is 0. The van der Waals surface area contributed by atoms with Crippen LogP contribution in [0.15, 0.2) is 12.2 Å². The third-order valence-corrected chi connectivity index (χ3v) is 2.97. The van der Waals surface area contributed by atoms with E-state index in [1.54, 1.807) is 5.57 Å². The second kappa shape index (κ2) is 0.237. The highest BCUT2D eigenvalue weighted by molar-refractivity contribution is 5.70. The first-order valence-electron chi connectivity index (χ1n) is 2.52. The maximum Gasteiger partial charge on any atom is 0.00268 e. The van der Waals surface area contributed by atoms with E-state index in [9.17, 15) is 0 Å². The second-order valence-corrected chi connectivity index (χ2v) is 3.00. The van der Waals surface area contributed by atoms with Gasteiger partial charge < -0.3 is 0 Å². The van der Waals surface area contributed by atoms with Crippen molar-refractivity contribution in [2.45, 2.75) is 12.8 Å². The summed E-state index contributed by atoms with van der Waals surface area (Å²) >= 11 is 0. The van der Waals surface area contributed by atoms with Crippen LogP contribution >= 0.6 is 0 Å². The molecule has 0 atom stereocenters. The van der Waals surface area contributed by atoms with Gasteiger partial charge in [0.05, 0.1) is 0 Å². The van der Waals surface area contributed by atoms with Crippen LogP contribution in [0.4, 0.5) is 0 Å². The molecule has 6 heavy (non-hydrogen) atoms. The van der Waals surface area contributed by atoms with E-state index in [0.29, 0.717) is 0 Å². The van der Waals surface area contributed by atoms with Crippen molar-refractivity contribution in [2.75, 3.05) is 0 Å². The summed E-state index contributed by atoms with van der Waals surface area (Å²) in [7, 11) is 0. The molecule has 3 aliphatic carbocycles. The fourth-order valence-corrected chi connectivity index (χ4v) is 1.82. The molecule has 0 heterocycles. The Kier molecular flexibility index (Phi) is 0.0849. The zero-order valence-corrected chi connectivity index (χ0v) is 3.62. The van der Waals surface area contributed by atoms with Crippen LogP contribution < -0.4 is 0 Å². The molecule has 0 aromatic heterocycles. The Bertz CT molecular complexity index is 143. The molecule has 3 rings (SSSR count). The van der Waals surface area contributed by atoms with Gasteiger partial charge in [0.15, 0.2) is 0 Å². The summed E-state index contributed by atoms with van der Waals surface area (Å²) in [6, 6.07) is 0. The molecular formula is C6H6. The molecule has 0 aliphatic heterocycles. The summed E-state index contributed by atoms with van der Waals surface area (Å²) in [5.74, 6) is 0. The minimum atomic E-state index is 0.826. The van der Waals surface area contributed by atoms with Crippen molar-refractivity contribution < 1.29 is 0 Å². The Balaban J connectivity index is 2.47. The summed E-state index contributed by atoms with van der Waals surface area (Å²) in [4.78, 5) is 0. The van der Waals surface area contributed by atoms with E-state index < -0.39 is 0 Å². The summed E-state index contributed by atoms with van der Waals surface area (Å²) < 4.78 is 0. The highest BCUT2D eigenvalue weighted by Crippen LogP contribution is 3.09. The Labute approximate surface area is 36.9 Å². The van der Waals surface area contributed by atoms with Gasteiger partial charge in [0.2, 0.25) is 0 Å². The first-order valence-corrected chi connectivity index (χ1v) is 2.52. The number of allylic oxidation sites excluding steroid dienone is 1. The minimum absolute atomic E-state index is 0.826. The van der Waals surface area contributed by atoms with Gasteiger partial charge in [-0.05, 0) is 12.8 Å². The maximum absolute atomic E-state index is 3.91. The summed E-state index contributed by atoms with van der Waals surface area (Å²) in [6.45, 7) is 3.91. The lowest BCUT2D eigenvalue weighted by Gasteiger charge is -2.08. The van der Waals surface area contributed by atoms with Crippen LogP contribution in [-0.2, 0) is 0 Å². The van der Waals surface area contributed by atoms with Gasteiger partial charge >= 0.3 is 0 Å². The minimum Gasteiger partial charge on any atom is -0.0987 e. The van der Waals surface area contributed by atoms with Gasteiger partial charge in [0.25, 0.3) is 0 Å². The Hall–Kier alpha value is -0.260. The van der Waals surface area contributed by atoms with Crippen molar-refractivity contribution in [3.8, 4) is 0 Å². The van der Waals surface area contributed by atoms with Crippen molar-refractivity contribution >= 4 is 0 Å². The lowest BCUT2D eigenvalue weighted by atomic mass is 9.96. The summed E-state index contributed by atoms with van der Waals surface area (Å²) in [6.07, 6.45) is 3.03. The highest BCUT2D eigenvalue weighted by atomic mass is 15.0. The van der Waals surface area contributed by atoms with Crippen LogP contribution in [0.5, 0.6) is 0 Å². The third-order valence-electron chi connectivity index (χ3n) is 2.97. The van der Waals surface area contributed by atoms with E-state index in [2.05, 4.69) is 6.58 Å². The molecule has 0 N–H and O–H groups in total. The highest BCUT2D eigenvalue weighted by Gasteiger charge is 3.01. The second-order valence-electron chi connectivity index (χ2n) is 3.00. The molecule has 0 spiro atoms. The largest absolute Gasteiger partial charge is 0.0987 e. The average molecular weight is 78.1 g/mol. The van der Waals surface area contributed by atoms with Crippen LogP contribution in [0.25, 0.3) is 0 Å². The monoisotopic (exact) mass is 78.0 g/mol. The standard InChI is InChI=1S/C6H6/c1-4-5-2-6(4,5)3-5/h1-3H2. The van der Waals surface area contributed by atoms with E-state index in [-0.39, 0.29) is 0 Å². The number of rotatable bonds is 0. The third kappa shape index (κ3) is 0.0393. The first kappa shape index (κ1) is 2.15. The predicted molar refractivity (Wildman–Crippen MR) is 23.2 cm³/mol. The van der Waals surface area contributed by atoms with Crippen LogP contribution in [0.2, 0.25) is 0 Å². The molecular weight excluding hydrogens is 72.1 g/mol. The van der Waals surface area contributed by atoms with Crippen molar-refractivity contribution in [2.24, 2.45) is 10.8 Å². The zero-order chi connectivity index (χ0) is 3.99. The van der Waals surface area contributed by atoms with Gasteiger partial charge in [-0.2, -0.15) is 0 Å². The number of hydrogen-bond donors (Lipinski definition) is 0. The van der Waals surface area contributed by atoms with Crippen molar-refractivity contribution in [3.63, 3.8) is 0 Å². The maximum atomic E-state index is 3.91. The zero-order valence-electron chi connectivity index (χ0n) is 3.62. The van der Waals surface area contributed by atoms with Gasteiger partial charge in [-0.1, -0.05) is 12.2 Å². The lowest BCUT2D eigenvalue weighted by molar-refractivity contribution is 0.602. The molecule has 0 unspecified atom stereocenters. The van der Waals surface area contributed by atoms with Crippen molar-refractivity contribution in [1.29, 1.82) is 0 Å². The normalized spacial score (nSPS) is 78.3. The van der Waals surface area contributed by atoms with Gasteiger partial charge in [0.1, 0.15) is 0 Å². The molecule has 30 valence electrons. The first-order chi connectivity index (χ1) is 2.82. The molecule has 0 aromatic rings. The summed E-state index contributed by atoms with van der Waals surface area (Å²) in [5, 5.41) is 0. The van der Waals surface area contributed by atoms with Crippen LogP contribution in [-0.4, -0.2) is 0 Å². The van der Waals surface area contributed by atoms with E-state index >= 15 is 0 Å². The fourth-order valence-electron chi connectivity index (χ4n) is 1.82. The molecule has 0 aromatic carbocycles. The molecule has 3 fully saturated rings. The lowest BCUT2D eigenvalue weighted by Crippen LogP contribution is -1.96. The molecule has 0 saturated heterocycles. The quantitative estimate of drug-likeness (QED) is 0.383. The Morgan fingerprint density at radius 2 is 1.67 bits per heavy atom. The Morgan fingerprint density at radius 3 is 1.67 bits per heavy atom. The van der Waals surface area contributed by atoms with Crippen molar-refractivity contribution in [3.05, 3.63) is 12.2 Å². The van der Waals surface area contributed by atoms with Gasteiger partial charge in [-0.3, -0.25) is 0 Å². The fraction of sp³-hybridized carbons (Fsp3) is 0.667. The molecule has 3 aliphatic rings. The predicted octanol–water partition coefficient (Wildman–Crippen LogP) is 1.34. The van der Waals surface area contributed by atoms with E-state index in [1.807, 2.05) is 0 Å².